The molecule has 4 rings (SSSR count). The van der Waals surface area contributed by atoms with Gasteiger partial charge in [-0.1, -0.05) is 0 Å². The van der Waals surface area contributed by atoms with Gasteiger partial charge < -0.3 is 20.7 Å². The molecule has 1 atom stereocenters. The largest absolute Gasteiger partial charge is 0.492 e. The van der Waals surface area contributed by atoms with Crippen LogP contribution in [0, 0.1) is 0 Å². The summed E-state index contributed by atoms with van der Waals surface area (Å²) in [6.45, 7) is 6.34. The molecule has 2 amide bonds. The zero-order valence-electron chi connectivity index (χ0n) is 18.9. The van der Waals surface area contributed by atoms with Crippen molar-refractivity contribution in [3.8, 4) is 11.4 Å². The van der Waals surface area contributed by atoms with Crippen LogP contribution in [-0.2, 0) is 0 Å². The third-order valence-electron chi connectivity index (χ3n) is 6.10. The Morgan fingerprint density at radius 3 is 2.67 bits per heavy atom. The first-order valence-electron chi connectivity index (χ1n) is 11.7. The molecule has 4 N–H and O–H groups in total. The highest BCUT2D eigenvalue weighted by atomic mass is 16.5. The highest BCUT2D eigenvalue weighted by Crippen LogP contribution is 2.15. The summed E-state index contributed by atoms with van der Waals surface area (Å²) in [7, 11) is 0. The number of rotatable bonds is 6. The van der Waals surface area contributed by atoms with Gasteiger partial charge in [0.25, 0.3) is 0 Å². The van der Waals surface area contributed by atoms with Gasteiger partial charge in [-0.25, -0.2) is 9.59 Å². The van der Waals surface area contributed by atoms with Crippen LogP contribution in [-0.4, -0.2) is 83.8 Å². The van der Waals surface area contributed by atoms with Gasteiger partial charge >= 0.3 is 11.7 Å². The van der Waals surface area contributed by atoms with Gasteiger partial charge in [-0.3, -0.25) is 14.8 Å². The molecule has 2 aromatic rings. The van der Waals surface area contributed by atoms with Gasteiger partial charge in [0, 0.05) is 45.0 Å². The molecule has 2 aliphatic rings. The van der Waals surface area contributed by atoms with Crippen LogP contribution >= 0.6 is 0 Å². The number of likely N-dealkylation sites (tertiary alicyclic amines) is 1. The quantitative estimate of drug-likeness (QED) is 0.591. The van der Waals surface area contributed by atoms with Crippen molar-refractivity contribution in [3.63, 3.8) is 0 Å². The van der Waals surface area contributed by atoms with Gasteiger partial charge in [0.05, 0.1) is 5.69 Å². The summed E-state index contributed by atoms with van der Waals surface area (Å²) < 4.78 is 7.32. The molecule has 1 aromatic heterocycles. The molecule has 0 bridgehead atoms. The average molecular weight is 456 g/mol. The van der Waals surface area contributed by atoms with Crippen LogP contribution in [0.15, 0.2) is 41.3 Å². The van der Waals surface area contributed by atoms with Crippen molar-refractivity contribution in [3.05, 3.63) is 47.0 Å². The van der Waals surface area contributed by atoms with Crippen LogP contribution in [0.25, 0.3) is 5.69 Å². The van der Waals surface area contributed by atoms with Crippen LogP contribution in [0.2, 0.25) is 0 Å². The zero-order chi connectivity index (χ0) is 23.0. The Hall–Kier alpha value is -2.95. The summed E-state index contributed by atoms with van der Waals surface area (Å²) >= 11 is 0. The van der Waals surface area contributed by atoms with E-state index in [9.17, 15) is 9.59 Å². The first-order chi connectivity index (χ1) is 16.1. The van der Waals surface area contributed by atoms with E-state index >= 15 is 0 Å². The number of nitrogens with one attached hydrogen (secondary N) is 2. The van der Waals surface area contributed by atoms with Gasteiger partial charge in [0.1, 0.15) is 18.2 Å². The molecule has 0 spiro atoms. The normalized spacial score (nSPS) is 19.7. The molecule has 2 fully saturated rings. The van der Waals surface area contributed by atoms with Crippen LogP contribution in [0.5, 0.6) is 5.75 Å². The Labute approximate surface area is 193 Å². The zero-order valence-corrected chi connectivity index (χ0v) is 18.9. The summed E-state index contributed by atoms with van der Waals surface area (Å²) in [5.74, 6) is 1.00. The third-order valence-corrected chi connectivity index (χ3v) is 6.10. The highest BCUT2D eigenvalue weighted by molar-refractivity contribution is 5.88. The number of anilines is 1. The second kappa shape index (κ2) is 11.3. The van der Waals surface area contributed by atoms with Crippen molar-refractivity contribution in [1.29, 1.82) is 0 Å². The van der Waals surface area contributed by atoms with E-state index < -0.39 is 5.69 Å². The summed E-state index contributed by atoms with van der Waals surface area (Å²) in [6.07, 6.45) is 4.88. The molecule has 10 heteroatoms. The molecule has 0 radical (unpaired) electrons. The number of nitrogens with two attached hydrogens (primary N) is 1. The summed E-state index contributed by atoms with van der Waals surface area (Å²) in [6, 6.07) is 9.04. The number of hydrogen-bond acceptors (Lipinski definition) is 7. The first kappa shape index (κ1) is 23.2. The smallest absolute Gasteiger partial charge is 0.354 e. The Morgan fingerprint density at radius 2 is 1.91 bits per heavy atom. The van der Waals surface area contributed by atoms with Crippen LogP contribution in [0.3, 0.4) is 0 Å². The predicted molar refractivity (Wildman–Crippen MR) is 127 cm³/mol. The van der Waals surface area contributed by atoms with Crippen molar-refractivity contribution in [2.75, 3.05) is 57.7 Å². The lowest BCUT2D eigenvalue weighted by Gasteiger charge is -2.27. The average Bonchev–Trinajstić information content (AvgIpc) is 3.04. The van der Waals surface area contributed by atoms with Crippen molar-refractivity contribution < 1.29 is 9.53 Å². The number of ether oxygens (including phenoxy) is 1. The SMILES string of the molecule is NC1CCCN(CCOc2ccc(-n3ccc(NC(=O)N4CCNCC4)nc3=O)cc2)CC1. The molecule has 33 heavy (non-hydrogen) atoms. The van der Waals surface area contributed by atoms with E-state index in [2.05, 4.69) is 20.5 Å². The molecule has 0 saturated carbocycles. The van der Waals surface area contributed by atoms with E-state index in [1.165, 1.54) is 4.57 Å². The maximum atomic E-state index is 12.5. The number of carbonyl (C=O) groups excluding carboxylic acids is 1. The van der Waals surface area contributed by atoms with Gasteiger partial charge in [-0.2, -0.15) is 4.98 Å². The number of amides is 2. The second-order valence-corrected chi connectivity index (χ2v) is 8.51. The molecule has 3 heterocycles. The third kappa shape index (κ3) is 6.53. The monoisotopic (exact) mass is 455 g/mol. The molecule has 178 valence electrons. The van der Waals surface area contributed by atoms with E-state index in [1.54, 1.807) is 17.2 Å². The van der Waals surface area contributed by atoms with Gasteiger partial charge in [-0.05, 0) is 62.7 Å². The standard InChI is InChI=1S/C23H33N7O3/c24-18-2-1-11-28(12-7-18)16-17-33-20-5-3-19(4-6-20)30-13-8-21(27-23(30)32)26-22(31)29-14-9-25-10-15-29/h3-6,8,13,18,25H,1-2,7,9-12,14-17,24H2,(H,26,27,31,32). The molecule has 1 unspecified atom stereocenters. The Balaban J connectivity index is 1.29. The topological polar surface area (TPSA) is 118 Å². The van der Waals surface area contributed by atoms with Crippen LogP contribution in [0.1, 0.15) is 19.3 Å². The van der Waals surface area contributed by atoms with Crippen molar-refractivity contribution in [1.82, 2.24) is 24.7 Å². The molecular weight excluding hydrogens is 422 g/mol. The summed E-state index contributed by atoms with van der Waals surface area (Å²) in [5.41, 5.74) is 6.27. The highest BCUT2D eigenvalue weighted by Gasteiger charge is 2.17. The van der Waals surface area contributed by atoms with E-state index in [1.807, 2.05) is 24.3 Å². The number of aromatic nitrogens is 2. The van der Waals surface area contributed by atoms with E-state index in [0.29, 0.717) is 31.4 Å². The number of benzene rings is 1. The van der Waals surface area contributed by atoms with Crippen molar-refractivity contribution in [2.24, 2.45) is 5.73 Å². The van der Waals surface area contributed by atoms with Gasteiger partial charge in [-0.15, -0.1) is 0 Å². The lowest BCUT2D eigenvalue weighted by Crippen LogP contribution is -2.48. The minimum atomic E-state index is -0.457. The molecule has 0 aliphatic carbocycles. The Morgan fingerprint density at radius 1 is 1.12 bits per heavy atom. The number of carbonyl (C=O) groups is 1. The number of urea groups is 1. The second-order valence-electron chi connectivity index (χ2n) is 8.51. The van der Waals surface area contributed by atoms with E-state index in [0.717, 1.165) is 57.7 Å². The van der Waals surface area contributed by atoms with E-state index in [-0.39, 0.29) is 11.8 Å². The first-order valence-corrected chi connectivity index (χ1v) is 11.7. The number of piperazine rings is 1. The van der Waals surface area contributed by atoms with Crippen LogP contribution < -0.4 is 26.8 Å². The van der Waals surface area contributed by atoms with Gasteiger partial charge in [0.15, 0.2) is 0 Å². The minimum absolute atomic E-state index is 0.245. The maximum absolute atomic E-state index is 12.5. The van der Waals surface area contributed by atoms with E-state index in [4.69, 9.17) is 10.5 Å². The van der Waals surface area contributed by atoms with Crippen molar-refractivity contribution >= 4 is 11.8 Å². The Kier molecular flexibility index (Phi) is 7.92. The van der Waals surface area contributed by atoms with Crippen LogP contribution in [0.4, 0.5) is 10.6 Å². The lowest BCUT2D eigenvalue weighted by molar-refractivity contribution is 0.204. The molecule has 2 saturated heterocycles. The number of hydrogen-bond donors (Lipinski definition) is 3. The molecule has 10 nitrogen and oxygen atoms in total. The summed E-state index contributed by atoms with van der Waals surface area (Å²) in [5, 5.41) is 5.90. The lowest BCUT2D eigenvalue weighted by atomic mass is 10.1. The van der Waals surface area contributed by atoms with Crippen molar-refractivity contribution in [2.45, 2.75) is 25.3 Å². The summed E-state index contributed by atoms with van der Waals surface area (Å²) in [4.78, 5) is 32.9. The van der Waals surface area contributed by atoms with Gasteiger partial charge in [0.2, 0.25) is 0 Å². The fourth-order valence-electron chi connectivity index (χ4n) is 4.13. The maximum Gasteiger partial charge on any atom is 0.354 e. The Bertz CT molecular complexity index is 973. The fraction of sp³-hybridized carbons (Fsp3) is 0.522. The number of nitrogens with zero attached hydrogens (tertiary/aromatic N) is 4. The molecule has 1 aromatic carbocycles. The fourth-order valence-corrected chi connectivity index (χ4v) is 4.13. The molecule has 2 aliphatic heterocycles. The molecular formula is C23H33N7O3. The predicted octanol–water partition coefficient (Wildman–Crippen LogP) is 0.862. The minimum Gasteiger partial charge on any atom is -0.492 e.